The lowest BCUT2D eigenvalue weighted by molar-refractivity contribution is -0.148. The maximum absolute atomic E-state index is 14.6. The molecule has 9 N–H and O–H groups in total. The molecule has 6 fully saturated rings. The Bertz CT molecular complexity index is 4710. The number of alkyl carbamates (subject to hydrolysis) is 2. The minimum atomic E-state index is -1.48. The number of fused-ring (bicyclic) bond motifs is 6. The zero-order valence-corrected chi connectivity index (χ0v) is 73.9. The van der Waals surface area contributed by atoms with Gasteiger partial charge in [-0.1, -0.05) is 93.6 Å². The Labute approximate surface area is 724 Å². The monoisotopic (exact) mass is 1870 g/mol. The van der Waals surface area contributed by atoms with E-state index in [1.54, 1.807) is 76.6 Å². The highest BCUT2D eigenvalue weighted by molar-refractivity contribution is 9.11. The number of methoxy groups -OCH3 is 3. The maximum atomic E-state index is 14.6. The molecule has 36 heteroatoms. The Morgan fingerprint density at radius 2 is 1.08 bits per heavy atom. The van der Waals surface area contributed by atoms with E-state index in [1.165, 1.54) is 35.4 Å². The van der Waals surface area contributed by atoms with Crippen LogP contribution in [0.25, 0.3) is 33.2 Å². The van der Waals surface area contributed by atoms with Crippen LogP contribution in [-0.2, 0) is 52.6 Å². The number of carbonyl (C=O) groups is 11. The van der Waals surface area contributed by atoms with E-state index in [0.717, 1.165) is 89.9 Å². The SMILES string of the molecule is CC(C)C(=O)NC(N)=S.COC(=O)[C@@]12CC1/C=C\CCCCC[C@H](NC(=O)OC1CCCC1)C(=O)N1C[C@H](Oc3cc(C(=O)CBr)nc4c(Br)c(OC)ccc34)C[C@H]1C(=O)N2.COc1ccc2c(O[C@@H]3C[C@H]4C(=O)N[C@]5(C(=O)O)CC5/C=C\CCCCC[C@H](NC(=O)OC5CCCC5)C(=O)N4C3)cc(-c3csc(NC(=O)C(C)C)n3)nc2c1Br. The van der Waals surface area contributed by atoms with Crippen LogP contribution in [0, 0.1) is 23.7 Å². The predicted molar refractivity (Wildman–Crippen MR) is 457 cm³/mol. The number of nitrogens with one attached hydrogen (secondary N) is 6. The summed E-state index contributed by atoms with van der Waals surface area (Å²) in [6, 6.07) is 6.33. The lowest BCUT2D eigenvalue weighted by Crippen LogP contribution is -2.56. The molecule has 0 radical (unpaired) electrons. The van der Waals surface area contributed by atoms with E-state index in [1.807, 2.05) is 24.3 Å². The van der Waals surface area contributed by atoms with Gasteiger partial charge >= 0.3 is 24.1 Å². The van der Waals surface area contributed by atoms with Crippen LogP contribution in [0.15, 0.2) is 75.0 Å². The van der Waals surface area contributed by atoms with E-state index in [0.29, 0.717) is 102 Å². The van der Waals surface area contributed by atoms with Crippen molar-refractivity contribution >= 4 is 169 Å². The summed E-state index contributed by atoms with van der Waals surface area (Å²) in [5.74, 6) is -3.43. The van der Waals surface area contributed by atoms with Crippen molar-refractivity contribution in [1.29, 1.82) is 0 Å². The Balaban J connectivity index is 0.000000212. The van der Waals surface area contributed by atoms with Gasteiger partial charge in [-0.25, -0.2) is 34.1 Å². The number of aromatic nitrogens is 3. The van der Waals surface area contributed by atoms with Crippen molar-refractivity contribution in [3.63, 3.8) is 0 Å². The van der Waals surface area contributed by atoms with Gasteiger partial charge in [0.05, 0.1) is 65.4 Å². The molecular formula is C83H103Br3N12O19S2. The number of carboxylic acid groups (broad SMARTS) is 1. The zero-order chi connectivity index (χ0) is 85.6. The topological polar surface area (TPSA) is 416 Å². The first kappa shape index (κ1) is 90.6. The molecule has 4 saturated carbocycles. The van der Waals surface area contributed by atoms with Crippen LogP contribution >= 0.6 is 71.3 Å². The molecule has 8 amide bonds. The van der Waals surface area contributed by atoms with Crippen molar-refractivity contribution < 1.29 is 91.0 Å². The Morgan fingerprint density at radius 3 is 1.55 bits per heavy atom. The Morgan fingerprint density at radius 1 is 0.613 bits per heavy atom. The number of amides is 8. The standard InChI is InChI=1S/C41H49BrN6O9S.C37H44Br2N4O9.C5H10N2OS/c1-22(2)35(49)46-39-44-29(21-58-39)28-18-32(26-15-16-31(55-3)33(42)34(26)43-28)56-25-17-30-36(50)47-41(38(52)53)19-23(41)11-7-5-4-6-8-14-27(37(51)48(30)20-25)45-40(54)57-24-12-9-10-13-24;1-49-29-15-14-24-30(17-26(28(44)19-38)40-32(24)31(29)39)51-23-16-27-33(45)42-37(35(47)50-2)18-21(37)10-6-4-3-5-7-13-25(34(46)43(27)20-23)41-36(48)52-22-11-8-9-12-22;1-3(2)4(8)7-5(6)9/h7,11,15-16,18,21-25,27,30H,4-6,8-10,12-14,17,19-20H2,1-3H3,(H,45,54)(H,47,50)(H,52,53)(H,44,46,49);6,10,14-15,17,21-23,25,27H,3-5,7-9,11-13,16,18-20H2,1-2H3,(H,41,48)(H,42,45);3H,1-2H3,(H3,6,7,8,9)/b11-7-;10-6-;/t23?,25-,27+,30+,41-;21?,23-,25+,27+,37-;/m11./s1. The highest BCUT2D eigenvalue weighted by atomic mass is 79.9. The summed E-state index contributed by atoms with van der Waals surface area (Å²) in [5.41, 5.74) is 4.36. The molecule has 0 bridgehead atoms. The number of thiocarbonyl (C=S) groups is 1. The molecule has 4 aliphatic carbocycles. The fraction of sp³-hybridized carbons (Fsp3) is 0.554. The van der Waals surface area contributed by atoms with E-state index < -0.39 is 95.2 Å². The van der Waals surface area contributed by atoms with Crippen molar-refractivity contribution in [2.75, 3.05) is 45.1 Å². The molecule has 2 unspecified atom stereocenters. The smallest absolute Gasteiger partial charge is 0.408 e. The molecule has 5 aromatic rings. The highest BCUT2D eigenvalue weighted by Gasteiger charge is 2.63. The number of allylic oxidation sites excluding steroid dienone is 2. The summed E-state index contributed by atoms with van der Waals surface area (Å²) in [7, 11) is 4.36. The average Bonchev–Trinajstić information content (AvgIpc) is 1.59. The van der Waals surface area contributed by atoms with Gasteiger partial charge in [-0.2, -0.15) is 0 Å². The van der Waals surface area contributed by atoms with Crippen LogP contribution in [0.1, 0.15) is 179 Å². The van der Waals surface area contributed by atoms with Crippen LogP contribution in [0.2, 0.25) is 0 Å². The first-order chi connectivity index (χ1) is 57.0. The minimum absolute atomic E-state index is 0.00416. The van der Waals surface area contributed by atoms with E-state index in [2.05, 4.69) is 102 Å². The number of aliphatic carboxylic acids is 1. The number of anilines is 1. The third kappa shape index (κ3) is 22.3. The van der Waals surface area contributed by atoms with Crippen molar-refractivity contribution in [3.8, 4) is 34.4 Å². The van der Waals surface area contributed by atoms with Gasteiger partial charge in [0.15, 0.2) is 16.0 Å². The molecule has 31 nitrogen and oxygen atoms in total. The summed E-state index contributed by atoms with van der Waals surface area (Å²) in [6.45, 7) is 7.11. The van der Waals surface area contributed by atoms with Crippen molar-refractivity contribution in [3.05, 3.63) is 80.7 Å². The average molecular weight is 1880 g/mol. The predicted octanol–water partition coefficient (Wildman–Crippen LogP) is 12.1. The second kappa shape index (κ2) is 41.0. The summed E-state index contributed by atoms with van der Waals surface area (Å²) >= 11 is 16.1. The molecule has 4 aliphatic heterocycles. The number of carboxylic acids is 1. The zero-order valence-electron chi connectivity index (χ0n) is 67.5. The van der Waals surface area contributed by atoms with Crippen LogP contribution < -0.4 is 56.6 Å². The number of pyridine rings is 2. The van der Waals surface area contributed by atoms with Gasteiger partial charge in [-0.05, 0) is 171 Å². The minimum Gasteiger partial charge on any atom is -0.495 e. The number of nitrogens with zero attached hydrogens (tertiary/aromatic N) is 5. The molecule has 642 valence electrons. The molecule has 2 aromatic carbocycles. The number of rotatable bonds is 18. The van der Waals surface area contributed by atoms with Crippen molar-refractivity contribution in [2.24, 2.45) is 29.4 Å². The first-order valence-electron chi connectivity index (χ1n) is 40.5. The van der Waals surface area contributed by atoms with E-state index in [-0.39, 0.29) is 102 Å². The number of esters is 1. The van der Waals surface area contributed by atoms with Gasteiger partial charge in [-0.3, -0.25) is 33.6 Å². The van der Waals surface area contributed by atoms with Gasteiger partial charge in [-0.15, -0.1) is 11.3 Å². The summed E-state index contributed by atoms with van der Waals surface area (Å²) in [5, 5.41) is 30.3. The van der Waals surface area contributed by atoms with Gasteiger partial charge in [0.25, 0.3) is 0 Å². The summed E-state index contributed by atoms with van der Waals surface area (Å²) < 4.78 is 41.9. The number of ketones is 1. The number of halogens is 3. The number of hydrogen-bond donors (Lipinski definition) is 8. The van der Waals surface area contributed by atoms with E-state index >= 15 is 0 Å². The van der Waals surface area contributed by atoms with E-state index in [9.17, 15) is 57.8 Å². The van der Waals surface area contributed by atoms with Crippen molar-refractivity contribution in [1.82, 2.24) is 51.3 Å². The second-order valence-corrected chi connectivity index (χ2v) is 35.1. The first-order valence-corrected chi connectivity index (χ1v) is 44.5. The van der Waals surface area contributed by atoms with Gasteiger partial charge in [0, 0.05) is 64.8 Å². The third-order valence-electron chi connectivity index (χ3n) is 22.6. The lowest BCUT2D eigenvalue weighted by Gasteiger charge is -2.29. The molecule has 3 aromatic heterocycles. The van der Waals surface area contributed by atoms with Gasteiger partial charge < -0.3 is 85.7 Å². The molecular weight excluding hydrogens is 1770 g/mol. The fourth-order valence-electron chi connectivity index (χ4n) is 15.7. The molecule has 7 heterocycles. The maximum Gasteiger partial charge on any atom is 0.408 e. The number of carbonyl (C=O) groups excluding carboxylic acids is 10. The Hall–Kier alpha value is -9.13. The van der Waals surface area contributed by atoms with Gasteiger partial charge in [0.2, 0.25) is 35.4 Å². The van der Waals surface area contributed by atoms with Crippen LogP contribution in [0.4, 0.5) is 14.7 Å². The number of alkyl halides is 1. The molecule has 13 rings (SSSR count). The van der Waals surface area contributed by atoms with Crippen LogP contribution in [0.3, 0.4) is 0 Å². The quantitative estimate of drug-likeness (QED) is 0.0101. The Kier molecular flexibility index (Phi) is 31.2. The largest absolute Gasteiger partial charge is 0.495 e. The van der Waals surface area contributed by atoms with Gasteiger partial charge in [0.1, 0.15) is 94.0 Å². The number of thiazole rings is 1. The number of benzene rings is 2. The van der Waals surface area contributed by atoms with Crippen molar-refractivity contribution in [2.45, 2.75) is 229 Å². The number of Topliss-reactive ketones (excluding diaryl/α,β-unsaturated/α-hetero) is 1. The second-order valence-electron chi connectivity index (χ2n) is 31.7. The summed E-state index contributed by atoms with van der Waals surface area (Å²) in [6.07, 6.45) is 19.2. The molecule has 2 saturated heterocycles. The molecule has 119 heavy (non-hydrogen) atoms. The molecule has 8 aliphatic rings. The number of hydrogen-bond acceptors (Lipinski definition) is 23. The molecule has 10 atom stereocenters. The molecule has 0 spiro atoms. The normalized spacial score (nSPS) is 25.2. The number of ether oxygens (including phenoxy) is 7. The van der Waals surface area contributed by atoms with Crippen LogP contribution in [0.5, 0.6) is 23.0 Å². The van der Waals surface area contributed by atoms with Crippen LogP contribution in [-0.4, -0.2) is 200 Å². The lowest BCUT2D eigenvalue weighted by atomic mass is 10.0. The highest BCUT2D eigenvalue weighted by Crippen LogP contribution is 2.48. The fourth-order valence-corrected chi connectivity index (χ4v) is 18.0. The number of nitrogens with two attached hydrogens (primary N) is 1. The van der Waals surface area contributed by atoms with E-state index in [4.69, 9.17) is 43.9 Å². The summed E-state index contributed by atoms with van der Waals surface area (Å²) in [4.78, 5) is 162. The third-order valence-corrected chi connectivity index (χ3v) is 25.5.